The third-order valence-corrected chi connectivity index (χ3v) is 1.11. The van der Waals surface area contributed by atoms with Crippen LogP contribution < -0.4 is 0 Å². The van der Waals surface area contributed by atoms with Crippen LogP contribution in [0, 0.1) is 5.82 Å². The molecule has 1 N–H and O–H groups in total. The first kappa shape index (κ1) is 7.84. The first-order valence-corrected chi connectivity index (χ1v) is 2.74. The minimum Gasteiger partial charge on any atom is -0.503 e. The summed E-state index contributed by atoms with van der Waals surface area (Å²) in [5, 5.41) is 8.65. The van der Waals surface area contributed by atoms with E-state index in [0.29, 0.717) is 0 Å². The summed E-state index contributed by atoms with van der Waals surface area (Å²) in [6.07, 6.45) is -2.08. The van der Waals surface area contributed by atoms with Gasteiger partial charge in [0.15, 0.2) is 17.3 Å². The molecule has 1 aromatic rings. The molecule has 11 heavy (non-hydrogen) atoms. The molecule has 0 aliphatic rings. The van der Waals surface area contributed by atoms with Crippen LogP contribution in [0.4, 0.5) is 13.2 Å². The molecule has 0 amide bonds. The molecule has 0 spiro atoms. The van der Waals surface area contributed by atoms with Crippen molar-refractivity contribution >= 4 is 0 Å². The maximum absolute atomic E-state index is 12.3. The number of nitrogens with zero attached hydrogens (tertiary/aromatic N) is 1. The highest BCUT2D eigenvalue weighted by Gasteiger charge is 2.16. The molecular weight excluding hydrogens is 159 g/mol. The molecule has 0 radical (unpaired) electrons. The lowest BCUT2D eigenvalue weighted by Gasteiger charge is -2.00. The van der Waals surface area contributed by atoms with Crippen LogP contribution in [0.1, 0.15) is 12.1 Å². The van der Waals surface area contributed by atoms with E-state index < -0.39 is 23.7 Å². The van der Waals surface area contributed by atoms with Gasteiger partial charge in [-0.25, -0.2) is 13.2 Å². The fourth-order valence-electron chi connectivity index (χ4n) is 0.605. The summed E-state index contributed by atoms with van der Waals surface area (Å²) in [4.78, 5) is 3.10. The Labute approximate surface area is 60.3 Å². The lowest BCUT2D eigenvalue weighted by molar-refractivity contribution is 0.140. The van der Waals surface area contributed by atoms with Crippen molar-refractivity contribution in [3.63, 3.8) is 0 Å². The monoisotopic (exact) mass is 163 g/mol. The zero-order valence-corrected chi connectivity index (χ0v) is 5.26. The van der Waals surface area contributed by atoms with Crippen molar-refractivity contribution in [3.8, 4) is 5.75 Å². The number of alkyl halides is 2. The number of rotatable bonds is 1. The van der Waals surface area contributed by atoms with Gasteiger partial charge >= 0.3 is 0 Å². The van der Waals surface area contributed by atoms with Gasteiger partial charge in [0.25, 0.3) is 6.43 Å². The number of hydrogen-bond donors (Lipinski definition) is 1. The first-order chi connectivity index (χ1) is 5.13. The first-order valence-electron chi connectivity index (χ1n) is 2.74. The molecule has 0 aliphatic heterocycles. The van der Waals surface area contributed by atoms with Gasteiger partial charge in [-0.2, -0.15) is 0 Å². The van der Waals surface area contributed by atoms with Crippen molar-refractivity contribution in [2.45, 2.75) is 6.43 Å². The van der Waals surface area contributed by atoms with Crippen molar-refractivity contribution < 1.29 is 18.3 Å². The van der Waals surface area contributed by atoms with E-state index in [9.17, 15) is 13.2 Å². The van der Waals surface area contributed by atoms with E-state index >= 15 is 0 Å². The van der Waals surface area contributed by atoms with Gasteiger partial charge in [-0.3, -0.25) is 4.98 Å². The lowest BCUT2D eigenvalue weighted by atomic mass is 10.3. The Balaban J connectivity index is 3.17. The molecule has 2 nitrogen and oxygen atoms in total. The molecule has 0 bridgehead atoms. The second-order valence-electron chi connectivity index (χ2n) is 1.83. The van der Waals surface area contributed by atoms with Crippen molar-refractivity contribution in [1.29, 1.82) is 0 Å². The van der Waals surface area contributed by atoms with E-state index in [4.69, 9.17) is 5.11 Å². The molecule has 1 heterocycles. The van der Waals surface area contributed by atoms with E-state index in [0.717, 1.165) is 12.3 Å². The molecule has 1 rings (SSSR count). The van der Waals surface area contributed by atoms with E-state index in [1.165, 1.54) is 0 Å². The molecule has 0 unspecified atom stereocenters. The predicted octanol–water partition coefficient (Wildman–Crippen LogP) is 1.86. The number of aromatic nitrogens is 1. The van der Waals surface area contributed by atoms with Crippen LogP contribution in [0.15, 0.2) is 12.3 Å². The van der Waals surface area contributed by atoms with Gasteiger partial charge in [-0.15, -0.1) is 0 Å². The summed E-state index contributed by atoms with van der Waals surface area (Å²) in [7, 11) is 0. The normalized spacial score (nSPS) is 10.5. The zero-order valence-electron chi connectivity index (χ0n) is 5.26. The second-order valence-corrected chi connectivity index (χ2v) is 1.83. The van der Waals surface area contributed by atoms with Crippen LogP contribution in [0.25, 0.3) is 0 Å². The molecule has 60 valence electrons. The Morgan fingerprint density at radius 1 is 1.45 bits per heavy atom. The molecule has 0 aliphatic carbocycles. The van der Waals surface area contributed by atoms with Crippen molar-refractivity contribution in [3.05, 3.63) is 23.8 Å². The van der Waals surface area contributed by atoms with Gasteiger partial charge in [0.2, 0.25) is 0 Å². The molecule has 5 heteroatoms. The molecule has 0 saturated heterocycles. The molecular formula is C6H4F3NO. The van der Waals surface area contributed by atoms with Crippen molar-refractivity contribution in [1.82, 2.24) is 4.98 Å². The largest absolute Gasteiger partial charge is 0.503 e. The SMILES string of the molecule is Oc1c(F)ccnc1C(F)F. The highest BCUT2D eigenvalue weighted by atomic mass is 19.3. The Hall–Kier alpha value is -1.26. The summed E-state index contributed by atoms with van der Waals surface area (Å²) in [5.41, 5.74) is -0.926. The van der Waals surface area contributed by atoms with Crippen LogP contribution in [0.5, 0.6) is 5.75 Å². The molecule has 0 fully saturated rings. The third kappa shape index (κ3) is 1.42. The number of hydrogen-bond acceptors (Lipinski definition) is 2. The molecule has 0 saturated carbocycles. The van der Waals surface area contributed by atoms with Gasteiger partial charge in [0.1, 0.15) is 0 Å². The van der Waals surface area contributed by atoms with Gasteiger partial charge in [-0.05, 0) is 6.07 Å². The highest BCUT2D eigenvalue weighted by Crippen LogP contribution is 2.27. The van der Waals surface area contributed by atoms with Crippen LogP contribution in [0.3, 0.4) is 0 Å². The molecule has 1 aromatic heterocycles. The minimum atomic E-state index is -2.95. The fourth-order valence-corrected chi connectivity index (χ4v) is 0.605. The Bertz CT molecular complexity index is 264. The van der Waals surface area contributed by atoms with Crippen LogP contribution in [-0.4, -0.2) is 10.1 Å². The summed E-state index contributed by atoms with van der Waals surface area (Å²) >= 11 is 0. The maximum atomic E-state index is 12.3. The van der Waals surface area contributed by atoms with Gasteiger partial charge in [0, 0.05) is 6.20 Å². The average Bonchev–Trinajstić information content (AvgIpc) is 1.94. The van der Waals surface area contributed by atoms with E-state index in [-0.39, 0.29) is 0 Å². The van der Waals surface area contributed by atoms with Crippen LogP contribution in [0.2, 0.25) is 0 Å². The Morgan fingerprint density at radius 2 is 2.09 bits per heavy atom. The number of pyridine rings is 1. The quantitative estimate of drug-likeness (QED) is 0.685. The van der Waals surface area contributed by atoms with Crippen LogP contribution in [-0.2, 0) is 0 Å². The second kappa shape index (κ2) is 2.77. The third-order valence-electron chi connectivity index (χ3n) is 1.11. The number of aromatic hydroxyl groups is 1. The Morgan fingerprint density at radius 3 is 2.55 bits per heavy atom. The fraction of sp³-hybridized carbons (Fsp3) is 0.167. The smallest absolute Gasteiger partial charge is 0.284 e. The molecule has 0 aromatic carbocycles. The van der Waals surface area contributed by atoms with Crippen molar-refractivity contribution in [2.75, 3.05) is 0 Å². The zero-order chi connectivity index (χ0) is 8.43. The topological polar surface area (TPSA) is 33.1 Å². The van der Waals surface area contributed by atoms with Gasteiger partial charge in [0.05, 0.1) is 0 Å². The molecule has 0 atom stereocenters. The van der Waals surface area contributed by atoms with Crippen LogP contribution >= 0.6 is 0 Å². The van der Waals surface area contributed by atoms with Gasteiger partial charge < -0.3 is 5.11 Å². The summed E-state index contributed by atoms with van der Waals surface area (Å²) in [6.45, 7) is 0. The summed E-state index contributed by atoms with van der Waals surface area (Å²) < 4.78 is 36.0. The predicted molar refractivity (Wildman–Crippen MR) is 30.8 cm³/mol. The minimum absolute atomic E-state index is 0.807. The van der Waals surface area contributed by atoms with E-state index in [2.05, 4.69) is 4.98 Å². The Kier molecular flexibility index (Phi) is 1.98. The summed E-state index contributed by atoms with van der Waals surface area (Å²) in [6, 6.07) is 0.807. The lowest BCUT2D eigenvalue weighted by Crippen LogP contribution is -1.91. The summed E-state index contributed by atoms with van der Waals surface area (Å²) in [5.74, 6) is -2.17. The van der Waals surface area contributed by atoms with E-state index in [1.807, 2.05) is 0 Å². The highest BCUT2D eigenvalue weighted by molar-refractivity contribution is 5.27. The van der Waals surface area contributed by atoms with Gasteiger partial charge in [-0.1, -0.05) is 0 Å². The van der Waals surface area contributed by atoms with E-state index in [1.54, 1.807) is 0 Å². The number of halogens is 3. The maximum Gasteiger partial charge on any atom is 0.284 e. The average molecular weight is 163 g/mol. The standard InChI is InChI=1S/C6H4F3NO/c7-3-1-2-10-4(5(3)11)6(8)9/h1-2,6,11H. The van der Waals surface area contributed by atoms with Crippen molar-refractivity contribution in [2.24, 2.45) is 0 Å².